The van der Waals surface area contributed by atoms with E-state index in [2.05, 4.69) is 5.10 Å². The molecule has 128 valence electrons. The van der Waals surface area contributed by atoms with E-state index < -0.39 is 0 Å². The van der Waals surface area contributed by atoms with Gasteiger partial charge in [0.25, 0.3) is 5.91 Å². The van der Waals surface area contributed by atoms with Crippen LogP contribution in [0, 0.1) is 5.92 Å². The summed E-state index contributed by atoms with van der Waals surface area (Å²) in [5, 5.41) is 4.40. The highest BCUT2D eigenvalue weighted by molar-refractivity contribution is 5.93. The fourth-order valence-corrected chi connectivity index (χ4v) is 3.43. The van der Waals surface area contributed by atoms with Gasteiger partial charge < -0.3 is 14.2 Å². The van der Waals surface area contributed by atoms with Gasteiger partial charge in [-0.15, -0.1) is 0 Å². The minimum Gasteiger partial charge on any atom is -0.380 e. The Balaban J connectivity index is 1.53. The van der Waals surface area contributed by atoms with Crippen LogP contribution in [-0.2, 0) is 25.4 Å². The van der Waals surface area contributed by atoms with Crippen LogP contribution in [0.5, 0.6) is 0 Å². The van der Waals surface area contributed by atoms with Gasteiger partial charge in [-0.1, -0.05) is 0 Å². The zero-order valence-electron chi connectivity index (χ0n) is 14.3. The molecule has 1 amide bonds. The average molecular weight is 328 g/mol. The predicted octanol–water partition coefficient (Wildman–Crippen LogP) is 1.92. The monoisotopic (exact) mass is 328 g/mol. The van der Waals surface area contributed by atoms with E-state index in [1.54, 1.807) is 0 Å². The summed E-state index contributed by atoms with van der Waals surface area (Å²) in [5.74, 6) is 1.02. The molecule has 1 atom stereocenters. The van der Waals surface area contributed by atoms with Crippen molar-refractivity contribution in [3.05, 3.63) is 41.5 Å². The van der Waals surface area contributed by atoms with Crippen LogP contribution in [0.15, 0.2) is 24.5 Å². The standard InChI is InChI=1S/C18H24N4O2/c1-20-7-3-4-16(20)18(23)22-9-14(12-24-11-13-5-6-13)15-8-19-21(2)17(15)10-22/h3-4,7-8,13-14H,5-6,9-12H2,1-2H3/t14-/m1/s1. The summed E-state index contributed by atoms with van der Waals surface area (Å²) in [6.45, 7) is 2.80. The lowest BCUT2D eigenvalue weighted by Gasteiger charge is -2.33. The van der Waals surface area contributed by atoms with Crippen molar-refractivity contribution < 1.29 is 9.53 Å². The highest BCUT2D eigenvalue weighted by atomic mass is 16.5. The topological polar surface area (TPSA) is 52.3 Å². The number of carbonyl (C=O) groups excluding carboxylic acids is 1. The van der Waals surface area contributed by atoms with Crippen molar-refractivity contribution in [1.82, 2.24) is 19.2 Å². The summed E-state index contributed by atoms with van der Waals surface area (Å²) in [6.07, 6.45) is 6.43. The number of aryl methyl sites for hydroxylation is 2. The average Bonchev–Trinajstić information content (AvgIpc) is 3.18. The number of hydrogen-bond acceptors (Lipinski definition) is 3. The fraction of sp³-hybridized carbons (Fsp3) is 0.556. The van der Waals surface area contributed by atoms with Gasteiger partial charge in [-0.3, -0.25) is 9.48 Å². The third-order valence-electron chi connectivity index (χ3n) is 5.13. The van der Waals surface area contributed by atoms with E-state index in [4.69, 9.17) is 4.74 Å². The van der Waals surface area contributed by atoms with Gasteiger partial charge in [0.2, 0.25) is 0 Å². The van der Waals surface area contributed by atoms with Gasteiger partial charge in [0.05, 0.1) is 25.0 Å². The smallest absolute Gasteiger partial charge is 0.270 e. The molecule has 4 rings (SSSR count). The Labute approximate surface area is 142 Å². The number of amides is 1. The van der Waals surface area contributed by atoms with Crippen LogP contribution < -0.4 is 0 Å². The van der Waals surface area contributed by atoms with Gasteiger partial charge in [-0.25, -0.2) is 0 Å². The third-order valence-corrected chi connectivity index (χ3v) is 5.13. The van der Waals surface area contributed by atoms with E-state index in [-0.39, 0.29) is 11.8 Å². The molecule has 0 bridgehead atoms. The van der Waals surface area contributed by atoms with Crippen LogP contribution in [0.3, 0.4) is 0 Å². The molecule has 1 saturated carbocycles. The van der Waals surface area contributed by atoms with Crippen LogP contribution in [-0.4, -0.2) is 44.9 Å². The summed E-state index contributed by atoms with van der Waals surface area (Å²) in [5.41, 5.74) is 3.06. The largest absolute Gasteiger partial charge is 0.380 e. The fourth-order valence-electron chi connectivity index (χ4n) is 3.43. The summed E-state index contributed by atoms with van der Waals surface area (Å²) in [7, 11) is 3.85. The minimum absolute atomic E-state index is 0.0709. The lowest BCUT2D eigenvalue weighted by molar-refractivity contribution is 0.0615. The molecule has 0 N–H and O–H groups in total. The lowest BCUT2D eigenvalue weighted by atomic mass is 9.95. The number of hydrogen-bond donors (Lipinski definition) is 0. The highest BCUT2D eigenvalue weighted by Crippen LogP contribution is 2.32. The maximum Gasteiger partial charge on any atom is 0.270 e. The quantitative estimate of drug-likeness (QED) is 0.843. The molecule has 6 nitrogen and oxygen atoms in total. The van der Waals surface area contributed by atoms with Crippen molar-refractivity contribution in [3.63, 3.8) is 0 Å². The first-order valence-corrected chi connectivity index (χ1v) is 8.62. The molecule has 0 unspecified atom stereocenters. The number of aromatic nitrogens is 3. The van der Waals surface area contributed by atoms with E-state index in [1.165, 1.54) is 18.4 Å². The van der Waals surface area contributed by atoms with E-state index in [0.29, 0.717) is 19.7 Å². The van der Waals surface area contributed by atoms with Crippen molar-refractivity contribution in [3.8, 4) is 0 Å². The van der Waals surface area contributed by atoms with Crippen molar-refractivity contribution in [2.45, 2.75) is 25.3 Å². The maximum absolute atomic E-state index is 12.9. The first-order chi connectivity index (χ1) is 11.6. The second-order valence-corrected chi connectivity index (χ2v) is 7.04. The van der Waals surface area contributed by atoms with Crippen molar-refractivity contribution in [2.24, 2.45) is 20.0 Å². The summed E-state index contributed by atoms with van der Waals surface area (Å²) in [4.78, 5) is 14.8. The van der Waals surface area contributed by atoms with Gasteiger partial charge in [0.15, 0.2) is 0 Å². The number of fused-ring (bicyclic) bond motifs is 1. The molecule has 0 aromatic carbocycles. The van der Waals surface area contributed by atoms with Crippen molar-refractivity contribution >= 4 is 5.91 Å². The van der Waals surface area contributed by atoms with Crippen LogP contribution in [0.25, 0.3) is 0 Å². The van der Waals surface area contributed by atoms with Gasteiger partial charge in [0, 0.05) is 44.9 Å². The second kappa shape index (κ2) is 6.09. The molecule has 0 radical (unpaired) electrons. The Bertz CT molecular complexity index is 744. The predicted molar refractivity (Wildman–Crippen MR) is 89.6 cm³/mol. The maximum atomic E-state index is 12.9. The third kappa shape index (κ3) is 2.86. The number of nitrogens with zero attached hydrogens (tertiary/aromatic N) is 4. The molecular weight excluding hydrogens is 304 g/mol. The molecule has 1 aliphatic carbocycles. The SMILES string of the molecule is Cn1cccc1C(=O)N1Cc2c(cnn2C)[C@@H](COCC2CC2)C1. The molecule has 1 fully saturated rings. The van der Waals surface area contributed by atoms with E-state index >= 15 is 0 Å². The summed E-state index contributed by atoms with van der Waals surface area (Å²) < 4.78 is 9.68. The van der Waals surface area contributed by atoms with E-state index in [9.17, 15) is 4.79 Å². The Morgan fingerprint density at radius 3 is 2.88 bits per heavy atom. The highest BCUT2D eigenvalue weighted by Gasteiger charge is 2.32. The molecule has 0 spiro atoms. The van der Waals surface area contributed by atoms with E-state index in [0.717, 1.165) is 23.9 Å². The zero-order chi connectivity index (χ0) is 16.7. The van der Waals surface area contributed by atoms with Crippen LogP contribution in [0.1, 0.15) is 40.5 Å². The molecule has 2 aliphatic rings. The Kier molecular flexibility index (Phi) is 3.92. The molecule has 3 heterocycles. The summed E-state index contributed by atoms with van der Waals surface area (Å²) >= 11 is 0. The van der Waals surface area contributed by atoms with Crippen molar-refractivity contribution in [1.29, 1.82) is 0 Å². The Morgan fingerprint density at radius 2 is 2.17 bits per heavy atom. The molecule has 2 aromatic rings. The minimum atomic E-state index is 0.0709. The first kappa shape index (κ1) is 15.4. The summed E-state index contributed by atoms with van der Waals surface area (Å²) in [6, 6.07) is 3.78. The van der Waals surface area contributed by atoms with Crippen LogP contribution >= 0.6 is 0 Å². The molecular formula is C18H24N4O2. The Morgan fingerprint density at radius 1 is 1.33 bits per heavy atom. The number of carbonyl (C=O) groups is 1. The van der Waals surface area contributed by atoms with Crippen LogP contribution in [0.2, 0.25) is 0 Å². The van der Waals surface area contributed by atoms with Crippen LogP contribution in [0.4, 0.5) is 0 Å². The second-order valence-electron chi connectivity index (χ2n) is 7.04. The molecule has 2 aromatic heterocycles. The normalized spacial score (nSPS) is 20.2. The molecule has 24 heavy (non-hydrogen) atoms. The lowest BCUT2D eigenvalue weighted by Crippen LogP contribution is -2.40. The van der Waals surface area contributed by atoms with Crippen molar-refractivity contribution in [2.75, 3.05) is 19.8 Å². The number of rotatable bonds is 5. The van der Waals surface area contributed by atoms with Gasteiger partial charge >= 0.3 is 0 Å². The van der Waals surface area contributed by atoms with Gasteiger partial charge in [-0.05, 0) is 30.9 Å². The number of ether oxygens (including phenoxy) is 1. The zero-order valence-corrected chi connectivity index (χ0v) is 14.3. The van der Waals surface area contributed by atoms with E-state index in [1.807, 2.05) is 52.8 Å². The molecule has 0 saturated heterocycles. The van der Waals surface area contributed by atoms with Gasteiger partial charge in [-0.2, -0.15) is 5.10 Å². The molecule has 1 aliphatic heterocycles. The van der Waals surface area contributed by atoms with Gasteiger partial charge in [0.1, 0.15) is 5.69 Å². The molecule has 6 heteroatoms. The first-order valence-electron chi connectivity index (χ1n) is 8.62. The Hall–Kier alpha value is -2.08.